The van der Waals surface area contributed by atoms with Crippen molar-refractivity contribution in [2.75, 3.05) is 67.1 Å². The molecule has 0 amide bonds. The summed E-state index contributed by atoms with van der Waals surface area (Å²) in [5, 5.41) is 0. The highest BCUT2D eigenvalue weighted by molar-refractivity contribution is 5.64. The molecule has 10 nitrogen and oxygen atoms in total. The molecule has 10 heteroatoms. The molecule has 0 aromatic heterocycles. The Hall–Kier alpha value is -1.50. The first-order valence-corrected chi connectivity index (χ1v) is 22.6. The largest absolute Gasteiger partial charge is 0.496 e. The van der Waals surface area contributed by atoms with Crippen molar-refractivity contribution in [3.8, 4) is 11.5 Å². The number of hydrogen-bond donors (Lipinski definition) is 0. The SMILES string of the molecule is COc1c2c(c(OC)c3c1CC1(CCC4(CC1)OCC1(COC5(CCCCC5)OC1)CO4)C3)CC1(CCC3(CC1)OCC1(COC4(CCCCC4)OC1)CO3)C2. The Morgan fingerprint density at radius 1 is 0.304 bits per heavy atom. The lowest BCUT2D eigenvalue weighted by Crippen LogP contribution is -2.60. The average Bonchev–Trinajstić information content (AvgIpc) is 3.80. The summed E-state index contributed by atoms with van der Waals surface area (Å²) in [4.78, 5) is 0. The van der Waals surface area contributed by atoms with Crippen LogP contribution in [0.4, 0.5) is 0 Å². The Kier molecular flexibility index (Phi) is 9.04. The molecule has 4 saturated carbocycles. The monoisotopic (exact) mass is 778 g/mol. The Balaban J connectivity index is 0.721. The molecule has 0 atom stereocenters. The van der Waals surface area contributed by atoms with E-state index in [9.17, 15) is 0 Å². The molecule has 10 aliphatic rings. The van der Waals surface area contributed by atoms with E-state index in [-0.39, 0.29) is 33.2 Å². The van der Waals surface area contributed by atoms with E-state index in [0.717, 1.165) is 114 Å². The van der Waals surface area contributed by atoms with Crippen LogP contribution in [0.15, 0.2) is 0 Å². The van der Waals surface area contributed by atoms with Gasteiger partial charge in [-0.05, 0) is 87.9 Å². The fraction of sp³-hybridized carbons (Fsp3) is 0.870. The van der Waals surface area contributed by atoms with Gasteiger partial charge in [-0.15, -0.1) is 0 Å². The molecule has 11 rings (SSSR count). The fourth-order valence-corrected chi connectivity index (χ4v) is 13.1. The molecular weight excluding hydrogens is 712 g/mol. The van der Waals surface area contributed by atoms with Gasteiger partial charge in [0.05, 0.1) is 77.9 Å². The van der Waals surface area contributed by atoms with Crippen molar-refractivity contribution < 1.29 is 47.4 Å². The van der Waals surface area contributed by atoms with Gasteiger partial charge >= 0.3 is 0 Å². The van der Waals surface area contributed by atoms with Crippen LogP contribution in [0, 0.1) is 21.7 Å². The maximum Gasteiger partial charge on any atom is 0.168 e. The standard InChI is InChI=1S/C46H66O10/c1-47-37-33-21-39(13-17-45(18-14-39)53-29-41(30-54-45)25-49-43(50-26-41)9-5-3-6-10-43)23-35(33)38(48-2)36-24-40(22-34(36)37)15-19-46(20-16-40)55-31-42(32-56-46)27-51-44(52-28-42)11-7-4-8-12-44/h3-32H2,1-2H3. The number of hydrogen-bond acceptors (Lipinski definition) is 10. The molecular formula is C46H66O10. The summed E-state index contributed by atoms with van der Waals surface area (Å²) in [7, 11) is 3.76. The maximum absolute atomic E-state index is 6.71. The molecule has 0 radical (unpaired) electrons. The molecule has 8 spiro atoms. The van der Waals surface area contributed by atoms with Gasteiger partial charge in [-0.3, -0.25) is 0 Å². The second-order valence-corrected chi connectivity index (χ2v) is 20.8. The number of rotatable bonds is 2. The molecule has 0 bridgehead atoms. The van der Waals surface area contributed by atoms with Crippen molar-refractivity contribution >= 4 is 0 Å². The van der Waals surface area contributed by atoms with Gasteiger partial charge in [-0.2, -0.15) is 0 Å². The quantitative estimate of drug-likeness (QED) is 0.295. The minimum absolute atomic E-state index is 0.183. The fourth-order valence-electron chi connectivity index (χ4n) is 13.1. The number of benzene rings is 1. The van der Waals surface area contributed by atoms with E-state index >= 15 is 0 Å². The van der Waals surface area contributed by atoms with Crippen LogP contribution in [-0.4, -0.2) is 90.2 Å². The molecule has 56 heavy (non-hydrogen) atoms. The first kappa shape index (κ1) is 37.5. The van der Waals surface area contributed by atoms with E-state index in [2.05, 4.69) is 0 Å². The predicted octanol–water partition coefficient (Wildman–Crippen LogP) is 7.90. The second-order valence-electron chi connectivity index (χ2n) is 20.8. The van der Waals surface area contributed by atoms with Crippen LogP contribution in [0.3, 0.4) is 0 Å². The van der Waals surface area contributed by atoms with Crippen LogP contribution in [0.2, 0.25) is 0 Å². The summed E-state index contributed by atoms with van der Waals surface area (Å²) < 4.78 is 65.4. The third-order valence-corrected chi connectivity index (χ3v) is 16.9. The van der Waals surface area contributed by atoms with Crippen LogP contribution in [-0.2, 0) is 63.6 Å². The van der Waals surface area contributed by atoms with E-state index in [0.29, 0.717) is 52.9 Å². The van der Waals surface area contributed by atoms with Gasteiger partial charge in [0.25, 0.3) is 0 Å². The molecule has 4 saturated heterocycles. The lowest BCUT2D eigenvalue weighted by molar-refractivity contribution is -0.378. The number of fused-ring (bicyclic) bond motifs is 2. The van der Waals surface area contributed by atoms with Crippen LogP contribution < -0.4 is 9.47 Å². The molecule has 1 aromatic carbocycles. The minimum Gasteiger partial charge on any atom is -0.496 e. The van der Waals surface area contributed by atoms with Crippen molar-refractivity contribution in [3.05, 3.63) is 22.3 Å². The van der Waals surface area contributed by atoms with E-state index in [4.69, 9.17) is 47.4 Å². The summed E-state index contributed by atoms with van der Waals surface area (Å²) in [6.07, 6.45) is 23.5. The van der Waals surface area contributed by atoms with Crippen molar-refractivity contribution in [2.24, 2.45) is 21.7 Å². The molecule has 6 aliphatic carbocycles. The van der Waals surface area contributed by atoms with E-state index in [1.165, 1.54) is 60.8 Å². The molecule has 0 unspecified atom stereocenters. The highest BCUT2D eigenvalue weighted by atomic mass is 16.7. The van der Waals surface area contributed by atoms with E-state index < -0.39 is 11.6 Å². The highest BCUT2D eigenvalue weighted by Gasteiger charge is 2.57. The maximum atomic E-state index is 6.71. The van der Waals surface area contributed by atoms with E-state index in [1.807, 2.05) is 14.2 Å². The summed E-state index contributed by atoms with van der Waals surface area (Å²) in [6, 6.07) is 0. The molecule has 8 fully saturated rings. The number of methoxy groups -OCH3 is 2. The lowest BCUT2D eigenvalue weighted by Gasteiger charge is -2.54. The van der Waals surface area contributed by atoms with Crippen LogP contribution in [0.5, 0.6) is 11.5 Å². The van der Waals surface area contributed by atoms with Crippen LogP contribution in [0.25, 0.3) is 0 Å². The first-order valence-electron chi connectivity index (χ1n) is 22.6. The van der Waals surface area contributed by atoms with Gasteiger partial charge in [-0.25, -0.2) is 0 Å². The Labute approximate surface area is 333 Å². The summed E-state index contributed by atoms with van der Waals surface area (Å²) in [5.41, 5.74) is 5.53. The first-order chi connectivity index (χ1) is 27.2. The molecule has 0 N–H and O–H groups in total. The zero-order chi connectivity index (χ0) is 37.7. The van der Waals surface area contributed by atoms with Crippen molar-refractivity contribution in [2.45, 2.75) is 164 Å². The second kappa shape index (κ2) is 13.5. The van der Waals surface area contributed by atoms with Crippen molar-refractivity contribution in [1.29, 1.82) is 0 Å². The zero-order valence-corrected chi connectivity index (χ0v) is 34.3. The summed E-state index contributed by atoms with van der Waals surface area (Å²) >= 11 is 0. The van der Waals surface area contributed by atoms with Gasteiger partial charge in [0.15, 0.2) is 23.1 Å². The van der Waals surface area contributed by atoms with Gasteiger partial charge < -0.3 is 47.4 Å². The topological polar surface area (TPSA) is 92.3 Å². The summed E-state index contributed by atoms with van der Waals surface area (Å²) in [6.45, 7) is 5.28. The normalized spacial score (nSPS) is 32.3. The third-order valence-electron chi connectivity index (χ3n) is 16.9. The molecule has 4 aliphatic heterocycles. The number of ether oxygens (including phenoxy) is 10. The smallest absolute Gasteiger partial charge is 0.168 e. The Bertz CT molecular complexity index is 1450. The summed E-state index contributed by atoms with van der Waals surface area (Å²) in [5.74, 6) is 0.550. The Morgan fingerprint density at radius 2 is 0.554 bits per heavy atom. The third kappa shape index (κ3) is 6.15. The van der Waals surface area contributed by atoms with Crippen LogP contribution >= 0.6 is 0 Å². The minimum atomic E-state index is -0.492. The Morgan fingerprint density at radius 3 is 0.804 bits per heavy atom. The van der Waals surface area contributed by atoms with Crippen molar-refractivity contribution in [1.82, 2.24) is 0 Å². The lowest BCUT2D eigenvalue weighted by atomic mass is 9.69. The zero-order valence-electron chi connectivity index (χ0n) is 34.3. The van der Waals surface area contributed by atoms with Gasteiger partial charge in [0.2, 0.25) is 0 Å². The van der Waals surface area contributed by atoms with Gasteiger partial charge in [0, 0.05) is 73.6 Å². The highest BCUT2D eigenvalue weighted by Crippen LogP contribution is 2.61. The van der Waals surface area contributed by atoms with Gasteiger partial charge in [0.1, 0.15) is 11.5 Å². The van der Waals surface area contributed by atoms with Gasteiger partial charge in [-0.1, -0.05) is 12.8 Å². The van der Waals surface area contributed by atoms with Crippen molar-refractivity contribution in [3.63, 3.8) is 0 Å². The molecule has 1 aromatic rings. The predicted molar refractivity (Wildman–Crippen MR) is 206 cm³/mol. The average molecular weight is 779 g/mol. The van der Waals surface area contributed by atoms with Crippen LogP contribution in [0.1, 0.15) is 138 Å². The van der Waals surface area contributed by atoms with E-state index in [1.54, 1.807) is 0 Å². The molecule has 310 valence electrons. The molecule has 4 heterocycles.